The van der Waals surface area contributed by atoms with Crippen LogP contribution in [0.1, 0.15) is 88.3 Å². The second kappa shape index (κ2) is 17.8. The third-order valence-corrected chi connectivity index (χ3v) is 5.02. The number of ketones is 1. The molecule has 1 aliphatic heterocycles. The van der Waals surface area contributed by atoms with Gasteiger partial charge in [0.05, 0.1) is 0 Å². The average Bonchev–Trinajstić information content (AvgIpc) is 3.36. The monoisotopic (exact) mass is 633 g/mol. The Hall–Kier alpha value is -0.808. The van der Waals surface area contributed by atoms with Gasteiger partial charge < -0.3 is 0 Å². The summed E-state index contributed by atoms with van der Waals surface area (Å²) in [5.41, 5.74) is 1.22. The summed E-state index contributed by atoms with van der Waals surface area (Å²) in [6.45, 7) is 19.7. The van der Waals surface area contributed by atoms with Crippen LogP contribution in [-0.4, -0.2) is 57.5 Å². The van der Waals surface area contributed by atoms with Gasteiger partial charge >= 0.3 is 149 Å². The first-order chi connectivity index (χ1) is 14.5. The van der Waals surface area contributed by atoms with Gasteiger partial charge in [-0.15, -0.1) is 0 Å². The van der Waals surface area contributed by atoms with Crippen LogP contribution in [0.25, 0.3) is 11.2 Å². The number of ether oxygens (including phenoxy) is 1. The van der Waals surface area contributed by atoms with E-state index in [1.807, 2.05) is 60.0 Å². The molecule has 0 saturated carbocycles. The fourth-order valence-corrected chi connectivity index (χ4v) is 3.56. The van der Waals surface area contributed by atoms with Crippen LogP contribution in [0.15, 0.2) is 6.33 Å². The molecule has 170 valence electrons. The fraction of sp³-hybridized carbons (Fsp3) is 0.714. The van der Waals surface area contributed by atoms with Gasteiger partial charge in [-0.1, -0.05) is 55.4 Å². The van der Waals surface area contributed by atoms with Crippen LogP contribution in [0, 0.1) is 5.92 Å². The summed E-state index contributed by atoms with van der Waals surface area (Å²) >= 11 is 6.69. The van der Waals surface area contributed by atoms with Crippen molar-refractivity contribution in [2.45, 2.75) is 94.4 Å². The minimum absolute atomic E-state index is 0.0510. The zero-order valence-electron chi connectivity index (χ0n) is 20.3. The third kappa shape index (κ3) is 8.74. The Bertz CT molecular complexity index is 727. The standard InChI is InChI=1S/C13H15ClN5O2.4C2H6.Tl/c1-6-3-8(4-7(2)20)21-12(6)19-5-16-9-10(14)17-13(15)18-11(9)19;4*1-2;/h5-6,8,12H,3-4H2,1-2H3,(H-,15,17,18);4*1-2H3;/q-1;;;;;+1. The molecular weight excluding hydrogens is 594 g/mol. The van der Waals surface area contributed by atoms with Crippen molar-refractivity contribution in [3.8, 4) is 0 Å². The molecule has 1 saturated heterocycles. The molecule has 2 aromatic heterocycles. The Labute approximate surface area is 203 Å². The number of fused-ring (bicyclic) bond motifs is 1. The van der Waals surface area contributed by atoms with E-state index in [1.165, 1.54) is 0 Å². The van der Waals surface area contributed by atoms with Crippen LogP contribution < -0.4 is 3.13 Å². The van der Waals surface area contributed by atoms with Crippen LogP contribution in [-0.2, 0) is 9.53 Å². The molecule has 3 atom stereocenters. The van der Waals surface area contributed by atoms with Crippen molar-refractivity contribution in [1.29, 1.82) is 0 Å². The molecule has 3 heterocycles. The summed E-state index contributed by atoms with van der Waals surface area (Å²) in [6.07, 6.45) is 2.73. The fourth-order valence-electron chi connectivity index (χ4n) is 2.84. The molecule has 3 unspecified atom stereocenters. The molecule has 0 aromatic carbocycles. The van der Waals surface area contributed by atoms with Gasteiger partial charge in [0.2, 0.25) is 0 Å². The van der Waals surface area contributed by atoms with E-state index in [9.17, 15) is 4.79 Å². The number of hydrogen-bond acceptors (Lipinski definition) is 6. The van der Waals surface area contributed by atoms with E-state index in [0.717, 1.165) is 6.42 Å². The molecular formula is C21H39ClN5O2Tl. The Kier molecular flexibility index (Phi) is 18.6. The number of hydrogen-bond donors (Lipinski definition) is 1. The second-order valence-corrected chi connectivity index (χ2v) is 7.05. The van der Waals surface area contributed by atoms with Crippen molar-refractivity contribution in [2.75, 3.05) is 3.13 Å². The van der Waals surface area contributed by atoms with Crippen molar-refractivity contribution in [3.05, 3.63) is 11.5 Å². The van der Waals surface area contributed by atoms with Gasteiger partial charge in [0.25, 0.3) is 0 Å². The molecule has 0 bridgehead atoms. The Balaban J connectivity index is 0. The first-order valence-corrected chi connectivity index (χ1v) is 13.6. The zero-order chi connectivity index (χ0) is 23.9. The van der Waals surface area contributed by atoms with Gasteiger partial charge in [0.15, 0.2) is 0 Å². The molecule has 2 aromatic rings. The normalized spacial score (nSPS) is 18.9. The molecule has 9 heteroatoms. The van der Waals surface area contributed by atoms with Crippen molar-refractivity contribution < 1.29 is 9.53 Å². The number of aromatic nitrogens is 4. The Morgan fingerprint density at radius 1 is 1.20 bits per heavy atom. The maximum atomic E-state index is 11.3. The summed E-state index contributed by atoms with van der Waals surface area (Å²) < 4.78 is 11.0. The van der Waals surface area contributed by atoms with Crippen LogP contribution in [0.3, 0.4) is 0 Å². The van der Waals surface area contributed by atoms with Crippen LogP contribution in [0.5, 0.6) is 0 Å². The van der Waals surface area contributed by atoms with Crippen molar-refractivity contribution in [2.24, 2.45) is 5.92 Å². The van der Waals surface area contributed by atoms with Crippen LogP contribution in [0.4, 0.5) is 5.95 Å². The van der Waals surface area contributed by atoms with Gasteiger partial charge in [-0.05, 0) is 0 Å². The van der Waals surface area contributed by atoms with E-state index >= 15 is 0 Å². The van der Waals surface area contributed by atoms with E-state index in [0.29, 0.717) is 54.8 Å². The minimum atomic E-state index is -0.190. The van der Waals surface area contributed by atoms with Gasteiger partial charge in [0.1, 0.15) is 0 Å². The number of halogens is 1. The maximum absolute atomic E-state index is 11.3. The molecule has 0 amide bonds. The topological polar surface area (TPSA) is 81.9 Å². The van der Waals surface area contributed by atoms with Crippen molar-refractivity contribution in [3.63, 3.8) is 0 Å². The predicted molar refractivity (Wildman–Crippen MR) is 128 cm³/mol. The van der Waals surface area contributed by atoms with Gasteiger partial charge in [-0.3, -0.25) is 0 Å². The molecule has 1 fully saturated rings. The summed E-state index contributed by atoms with van der Waals surface area (Å²) in [4.78, 5) is 24.2. The number of nitrogens with zero attached hydrogens (tertiary/aromatic N) is 4. The Morgan fingerprint density at radius 2 is 1.77 bits per heavy atom. The molecule has 0 radical (unpaired) electrons. The van der Waals surface area contributed by atoms with Gasteiger partial charge in [0, 0.05) is 0 Å². The van der Waals surface area contributed by atoms with E-state index in [-0.39, 0.29) is 24.0 Å². The summed E-state index contributed by atoms with van der Waals surface area (Å²) in [5, 5.41) is 0.331. The van der Waals surface area contributed by atoms with Crippen molar-refractivity contribution >= 4 is 60.6 Å². The summed E-state index contributed by atoms with van der Waals surface area (Å²) in [5.74, 6) is 0.919. The average molecular weight is 633 g/mol. The summed E-state index contributed by atoms with van der Waals surface area (Å²) in [6, 6.07) is 0. The van der Waals surface area contributed by atoms with Crippen LogP contribution >= 0.6 is 11.6 Å². The van der Waals surface area contributed by atoms with E-state index < -0.39 is 0 Å². The zero-order valence-corrected chi connectivity index (χ0v) is 25.5. The number of carbonyl (C=O) groups excluding carboxylic acids is 1. The molecule has 3 rings (SSSR count). The Morgan fingerprint density at radius 3 is 2.27 bits per heavy atom. The first kappa shape index (κ1) is 31.4. The van der Waals surface area contributed by atoms with Crippen molar-refractivity contribution in [1.82, 2.24) is 19.5 Å². The summed E-state index contributed by atoms with van der Waals surface area (Å²) in [7, 11) is 0. The molecule has 30 heavy (non-hydrogen) atoms. The second-order valence-electron chi connectivity index (χ2n) is 5.57. The number of anilines is 1. The number of carbonyl (C=O) groups is 1. The predicted octanol–water partition coefficient (Wildman–Crippen LogP) is 5.98. The number of imidazole rings is 1. The molecule has 1 N–H and O–H groups in total. The molecule has 0 spiro atoms. The number of nitrogens with one attached hydrogen (secondary N) is 1. The van der Waals surface area contributed by atoms with Gasteiger partial charge in [-0.2, -0.15) is 0 Å². The quantitative estimate of drug-likeness (QED) is 0.330. The van der Waals surface area contributed by atoms with Crippen LogP contribution in [0.2, 0.25) is 5.15 Å². The van der Waals surface area contributed by atoms with E-state index in [4.69, 9.17) is 16.3 Å². The third-order valence-electron chi connectivity index (χ3n) is 3.75. The van der Waals surface area contributed by atoms with E-state index in [1.54, 1.807) is 13.3 Å². The number of Topliss-reactive ketones (excluding diaryl/α,β-unsaturated/α-hetero) is 1. The van der Waals surface area contributed by atoms with Gasteiger partial charge in [-0.25, -0.2) is 0 Å². The first-order valence-electron chi connectivity index (χ1n) is 11.0. The molecule has 1 aliphatic rings. The van der Waals surface area contributed by atoms with E-state index in [2.05, 4.69) is 25.0 Å². The molecule has 7 nitrogen and oxygen atoms in total. The molecule has 0 aliphatic carbocycles. The number of rotatable bonds is 4. The SMILES string of the molecule is CC.CC.CC.CC.CC(=O)CC1CC(C)C(n2cnc3c(Cl)nc([NH][Tl])nc32)O1.